The van der Waals surface area contributed by atoms with Gasteiger partial charge in [0.1, 0.15) is 28.9 Å². The quantitative estimate of drug-likeness (QED) is 0.301. The number of nitrogens with one attached hydrogen (secondary N) is 1. The second-order valence-corrected chi connectivity index (χ2v) is 9.04. The number of phenolic OH excluding ortho intramolecular Hbond substituents is 1. The Balaban J connectivity index is 1.57. The summed E-state index contributed by atoms with van der Waals surface area (Å²) >= 11 is 0. The summed E-state index contributed by atoms with van der Waals surface area (Å²) in [5.41, 5.74) is 1.95. The SMILES string of the molecule is CC(C)=CCc1cc(C(=O)Nc2cc3ccc(O[C@@H]4OCC[C@@H](O)[C@H]4O)c(C)c3oc2=O)ccc1O. The van der Waals surface area contributed by atoms with Crippen molar-refractivity contribution in [1.82, 2.24) is 0 Å². The fourth-order valence-corrected chi connectivity index (χ4v) is 3.90. The molecule has 3 atom stereocenters. The lowest BCUT2D eigenvalue weighted by Gasteiger charge is -2.32. The minimum Gasteiger partial charge on any atom is -0.508 e. The van der Waals surface area contributed by atoms with Gasteiger partial charge in [0, 0.05) is 16.5 Å². The maximum absolute atomic E-state index is 12.8. The maximum Gasteiger partial charge on any atom is 0.360 e. The number of anilines is 1. The standard InChI is InChI=1S/C27H29NO8/c1-14(2)4-5-16-12-18(6-8-20(16)29)25(32)28-19-13-17-7-9-22(15(3)24(17)36-26(19)33)35-27-23(31)21(30)10-11-34-27/h4,6-9,12-13,21,23,27,29-31H,5,10-11H2,1-3H3,(H,28,32)/t21-,23-,27+/m1/s1. The summed E-state index contributed by atoms with van der Waals surface area (Å²) in [6.45, 7) is 5.82. The van der Waals surface area contributed by atoms with Crippen LogP contribution in [-0.4, -0.2) is 46.3 Å². The van der Waals surface area contributed by atoms with Crippen molar-refractivity contribution in [3.63, 3.8) is 0 Å². The number of aliphatic hydroxyl groups excluding tert-OH is 2. The van der Waals surface area contributed by atoms with Gasteiger partial charge >= 0.3 is 5.63 Å². The van der Waals surface area contributed by atoms with Crippen LogP contribution >= 0.6 is 0 Å². The highest BCUT2D eigenvalue weighted by Crippen LogP contribution is 2.30. The van der Waals surface area contributed by atoms with Gasteiger partial charge in [0.15, 0.2) is 0 Å². The van der Waals surface area contributed by atoms with Gasteiger partial charge in [0.2, 0.25) is 6.29 Å². The number of ether oxygens (including phenoxy) is 2. The number of aryl methyl sites for hydroxylation is 1. The Labute approximate surface area is 207 Å². The smallest absolute Gasteiger partial charge is 0.360 e. The summed E-state index contributed by atoms with van der Waals surface area (Å²) in [4.78, 5) is 25.5. The zero-order valence-corrected chi connectivity index (χ0v) is 20.3. The highest BCUT2D eigenvalue weighted by Gasteiger charge is 2.33. The Hall–Kier alpha value is -3.66. The second-order valence-electron chi connectivity index (χ2n) is 9.04. The molecule has 4 N–H and O–H groups in total. The molecule has 0 radical (unpaired) electrons. The first-order valence-corrected chi connectivity index (χ1v) is 11.6. The first-order chi connectivity index (χ1) is 17.1. The summed E-state index contributed by atoms with van der Waals surface area (Å²) in [5, 5.41) is 33.2. The molecule has 4 rings (SSSR count). The van der Waals surface area contributed by atoms with Crippen molar-refractivity contribution in [3.8, 4) is 11.5 Å². The average Bonchev–Trinajstić information content (AvgIpc) is 2.84. The topological polar surface area (TPSA) is 138 Å². The van der Waals surface area contributed by atoms with Crippen LogP contribution < -0.4 is 15.7 Å². The van der Waals surface area contributed by atoms with Crippen LogP contribution in [0.4, 0.5) is 5.69 Å². The zero-order chi connectivity index (χ0) is 26.0. The van der Waals surface area contributed by atoms with Gasteiger partial charge < -0.3 is 34.5 Å². The van der Waals surface area contributed by atoms with Gasteiger partial charge in [-0.15, -0.1) is 0 Å². The maximum atomic E-state index is 12.8. The van der Waals surface area contributed by atoms with E-state index in [1.807, 2.05) is 19.9 Å². The van der Waals surface area contributed by atoms with E-state index >= 15 is 0 Å². The molecule has 3 aromatic rings. The Morgan fingerprint density at radius 3 is 2.72 bits per heavy atom. The first-order valence-electron chi connectivity index (χ1n) is 11.6. The van der Waals surface area contributed by atoms with Crippen molar-refractivity contribution in [1.29, 1.82) is 0 Å². The zero-order valence-electron chi connectivity index (χ0n) is 20.3. The Morgan fingerprint density at radius 2 is 1.97 bits per heavy atom. The molecule has 1 aromatic heterocycles. The normalized spacial score (nSPS) is 19.6. The number of carbonyl (C=O) groups is 1. The molecule has 1 fully saturated rings. The average molecular weight is 496 g/mol. The fraction of sp³-hybridized carbons (Fsp3) is 0.333. The Morgan fingerprint density at radius 1 is 1.19 bits per heavy atom. The van der Waals surface area contributed by atoms with E-state index in [0.717, 1.165) is 5.57 Å². The van der Waals surface area contributed by atoms with Crippen molar-refractivity contribution in [3.05, 3.63) is 75.2 Å². The predicted octanol–water partition coefficient (Wildman–Crippen LogP) is 3.42. The molecule has 0 saturated carbocycles. The van der Waals surface area contributed by atoms with Crippen LogP contribution in [0.1, 0.15) is 41.8 Å². The number of benzene rings is 2. The van der Waals surface area contributed by atoms with Gasteiger partial charge in [-0.2, -0.15) is 0 Å². The lowest BCUT2D eigenvalue weighted by atomic mass is 10.0. The summed E-state index contributed by atoms with van der Waals surface area (Å²) in [7, 11) is 0. The molecular formula is C27H29NO8. The van der Waals surface area contributed by atoms with Crippen molar-refractivity contribution in [2.24, 2.45) is 0 Å². The third-order valence-electron chi connectivity index (χ3n) is 6.03. The summed E-state index contributed by atoms with van der Waals surface area (Å²) < 4.78 is 16.6. The molecule has 36 heavy (non-hydrogen) atoms. The van der Waals surface area contributed by atoms with Crippen LogP contribution in [0.3, 0.4) is 0 Å². The van der Waals surface area contributed by atoms with Crippen LogP contribution in [0.15, 0.2) is 57.3 Å². The number of amides is 1. The van der Waals surface area contributed by atoms with Crippen molar-refractivity contribution >= 4 is 22.6 Å². The molecule has 9 heteroatoms. The molecule has 2 heterocycles. The van der Waals surface area contributed by atoms with E-state index in [2.05, 4.69) is 5.32 Å². The molecule has 9 nitrogen and oxygen atoms in total. The lowest BCUT2D eigenvalue weighted by molar-refractivity contribution is -0.207. The predicted molar refractivity (Wildman–Crippen MR) is 133 cm³/mol. The largest absolute Gasteiger partial charge is 0.508 e. The number of allylic oxidation sites excluding steroid dienone is 2. The van der Waals surface area contributed by atoms with E-state index in [1.54, 1.807) is 25.1 Å². The number of fused-ring (bicyclic) bond motifs is 1. The molecule has 1 saturated heterocycles. The highest BCUT2D eigenvalue weighted by molar-refractivity contribution is 6.05. The van der Waals surface area contributed by atoms with Gasteiger partial charge in [-0.25, -0.2) is 4.79 Å². The molecule has 0 unspecified atom stereocenters. The number of hydrogen-bond donors (Lipinski definition) is 4. The van der Waals surface area contributed by atoms with Gasteiger partial charge in [-0.1, -0.05) is 11.6 Å². The number of rotatable bonds is 6. The van der Waals surface area contributed by atoms with Gasteiger partial charge in [-0.05, 0) is 75.6 Å². The van der Waals surface area contributed by atoms with Crippen LogP contribution in [-0.2, 0) is 11.2 Å². The minimum absolute atomic E-state index is 0.0337. The molecule has 2 aromatic carbocycles. The van der Waals surface area contributed by atoms with Crippen molar-refractivity contribution < 1.29 is 34.0 Å². The van der Waals surface area contributed by atoms with E-state index in [1.165, 1.54) is 18.2 Å². The monoisotopic (exact) mass is 495 g/mol. The number of aromatic hydroxyl groups is 1. The van der Waals surface area contributed by atoms with E-state index < -0.39 is 30.0 Å². The lowest BCUT2D eigenvalue weighted by Crippen LogP contribution is -2.47. The van der Waals surface area contributed by atoms with Crippen LogP contribution in [0.2, 0.25) is 0 Å². The molecule has 1 aliphatic rings. The highest BCUT2D eigenvalue weighted by atomic mass is 16.7. The number of carbonyl (C=O) groups excluding carboxylic acids is 1. The molecule has 0 bridgehead atoms. The number of hydrogen-bond acceptors (Lipinski definition) is 8. The number of phenols is 1. The Kier molecular flexibility index (Phi) is 7.44. The first kappa shape index (κ1) is 25.4. The minimum atomic E-state index is -1.21. The van der Waals surface area contributed by atoms with Crippen LogP contribution in [0, 0.1) is 6.92 Å². The number of aliphatic hydroxyl groups is 2. The van der Waals surface area contributed by atoms with E-state index in [-0.39, 0.29) is 29.2 Å². The molecule has 0 spiro atoms. The van der Waals surface area contributed by atoms with E-state index in [9.17, 15) is 24.9 Å². The van der Waals surface area contributed by atoms with Gasteiger partial charge in [0.25, 0.3) is 5.91 Å². The van der Waals surface area contributed by atoms with Crippen molar-refractivity contribution in [2.45, 2.75) is 52.1 Å². The third kappa shape index (κ3) is 5.43. The summed E-state index contributed by atoms with van der Waals surface area (Å²) in [5.74, 6) is -0.101. The fourth-order valence-electron chi connectivity index (χ4n) is 3.90. The van der Waals surface area contributed by atoms with Crippen LogP contribution in [0.5, 0.6) is 11.5 Å². The second kappa shape index (κ2) is 10.5. The van der Waals surface area contributed by atoms with Crippen LogP contribution in [0.25, 0.3) is 11.0 Å². The molecule has 1 amide bonds. The molecule has 1 aliphatic heterocycles. The van der Waals surface area contributed by atoms with Crippen molar-refractivity contribution in [2.75, 3.05) is 11.9 Å². The van der Waals surface area contributed by atoms with E-state index in [4.69, 9.17) is 13.9 Å². The Bertz CT molecular complexity index is 1370. The summed E-state index contributed by atoms with van der Waals surface area (Å²) in [6.07, 6.45) is -0.493. The van der Waals surface area contributed by atoms with Gasteiger partial charge in [-0.3, -0.25) is 4.79 Å². The van der Waals surface area contributed by atoms with E-state index in [0.29, 0.717) is 35.1 Å². The van der Waals surface area contributed by atoms with Gasteiger partial charge in [0.05, 0.1) is 12.7 Å². The third-order valence-corrected chi connectivity index (χ3v) is 6.03. The molecular weight excluding hydrogens is 466 g/mol. The summed E-state index contributed by atoms with van der Waals surface area (Å²) in [6, 6.07) is 9.31. The molecule has 190 valence electrons. The molecule has 0 aliphatic carbocycles.